The van der Waals surface area contributed by atoms with Gasteiger partial charge in [0.15, 0.2) is 0 Å². The van der Waals surface area contributed by atoms with Gasteiger partial charge in [-0.1, -0.05) is 36.4 Å². The Morgan fingerprint density at radius 1 is 0.347 bits per heavy atom. The van der Waals surface area contributed by atoms with Gasteiger partial charge in [-0.3, -0.25) is 9.59 Å². The Balaban J connectivity index is 0.886. The molecule has 2 heterocycles. The summed E-state index contributed by atoms with van der Waals surface area (Å²) in [5, 5.41) is 16.5. The van der Waals surface area contributed by atoms with Crippen molar-refractivity contribution in [3.8, 4) is 57.0 Å². The molecule has 6 aromatic carbocycles. The molecule has 9 heteroatoms. The molecule has 8 rings (SSSR count). The highest BCUT2D eigenvalue weighted by Gasteiger charge is 2.11. The van der Waals surface area contributed by atoms with E-state index in [0.29, 0.717) is 56.7 Å². The molecule has 0 unspecified atom stereocenters. The van der Waals surface area contributed by atoms with E-state index < -0.39 is 0 Å². The highest BCUT2D eigenvalue weighted by Crippen LogP contribution is 2.32. The molecule has 0 saturated heterocycles. The van der Waals surface area contributed by atoms with Crippen LogP contribution in [0.15, 0.2) is 155 Å². The number of aromatic amines is 2. The zero-order valence-corrected chi connectivity index (χ0v) is 25.8. The van der Waals surface area contributed by atoms with Crippen LogP contribution in [0.25, 0.3) is 44.1 Å². The van der Waals surface area contributed by atoms with Gasteiger partial charge in [0, 0.05) is 21.9 Å². The molecule has 0 aliphatic carbocycles. The first kappa shape index (κ1) is 29.4. The largest absolute Gasteiger partial charge is 0.457 e. The molecule has 0 spiro atoms. The highest BCUT2D eigenvalue weighted by molar-refractivity contribution is 5.94. The van der Waals surface area contributed by atoms with Crippen LogP contribution >= 0.6 is 0 Å². The summed E-state index contributed by atoms with van der Waals surface area (Å²) in [6.45, 7) is 0. The van der Waals surface area contributed by atoms with Crippen molar-refractivity contribution in [3.05, 3.63) is 166 Å². The first-order chi connectivity index (χ1) is 24.1. The van der Waals surface area contributed by atoms with Crippen LogP contribution in [0.3, 0.4) is 0 Å². The molecule has 0 bridgehead atoms. The van der Waals surface area contributed by atoms with Crippen molar-refractivity contribution in [1.29, 1.82) is 0 Å². The van der Waals surface area contributed by atoms with Crippen molar-refractivity contribution in [1.82, 2.24) is 20.4 Å². The van der Waals surface area contributed by atoms with Crippen LogP contribution in [0.2, 0.25) is 0 Å². The van der Waals surface area contributed by atoms with Gasteiger partial charge in [-0.25, -0.2) is 10.2 Å². The average molecular weight is 643 g/mol. The van der Waals surface area contributed by atoms with Crippen LogP contribution in [-0.4, -0.2) is 20.4 Å². The second-order valence-corrected chi connectivity index (χ2v) is 11.2. The van der Waals surface area contributed by atoms with E-state index in [2.05, 4.69) is 20.4 Å². The van der Waals surface area contributed by atoms with Crippen molar-refractivity contribution < 1.29 is 14.2 Å². The molecule has 49 heavy (non-hydrogen) atoms. The Bertz CT molecular complexity index is 2360. The third kappa shape index (κ3) is 6.11. The molecule has 0 aliphatic heterocycles. The maximum atomic E-state index is 12.1. The molecule has 0 fully saturated rings. The van der Waals surface area contributed by atoms with Crippen LogP contribution in [-0.2, 0) is 0 Å². The lowest BCUT2D eigenvalue weighted by atomic mass is 10.1. The van der Waals surface area contributed by atoms with Crippen molar-refractivity contribution in [2.75, 3.05) is 0 Å². The number of hydrogen-bond donors (Lipinski definition) is 2. The normalized spacial score (nSPS) is 11.0. The van der Waals surface area contributed by atoms with Gasteiger partial charge in [0.05, 0.1) is 22.2 Å². The van der Waals surface area contributed by atoms with E-state index in [-0.39, 0.29) is 11.1 Å². The fourth-order valence-electron chi connectivity index (χ4n) is 5.59. The van der Waals surface area contributed by atoms with E-state index in [1.807, 2.05) is 133 Å². The van der Waals surface area contributed by atoms with E-state index in [9.17, 15) is 9.59 Å². The minimum absolute atomic E-state index is 0.214. The molecule has 9 nitrogen and oxygen atoms in total. The van der Waals surface area contributed by atoms with Crippen molar-refractivity contribution >= 4 is 21.5 Å². The van der Waals surface area contributed by atoms with Gasteiger partial charge >= 0.3 is 0 Å². The van der Waals surface area contributed by atoms with E-state index in [1.54, 1.807) is 12.1 Å². The van der Waals surface area contributed by atoms with Crippen LogP contribution in [0.4, 0.5) is 0 Å². The molecule has 0 radical (unpaired) electrons. The average Bonchev–Trinajstić information content (AvgIpc) is 3.15. The number of benzene rings is 6. The number of aromatic nitrogens is 4. The lowest BCUT2D eigenvalue weighted by Gasteiger charge is -2.10. The number of hydrogen-bond acceptors (Lipinski definition) is 7. The molecule has 0 amide bonds. The molecule has 0 saturated carbocycles. The Morgan fingerprint density at radius 2 is 0.612 bits per heavy atom. The first-order valence-electron chi connectivity index (χ1n) is 15.5. The summed E-state index contributed by atoms with van der Waals surface area (Å²) in [6.07, 6.45) is 0. The van der Waals surface area contributed by atoms with Gasteiger partial charge in [0.1, 0.15) is 34.5 Å². The van der Waals surface area contributed by atoms with E-state index in [4.69, 9.17) is 14.2 Å². The fraction of sp³-hybridized carbons (Fsp3) is 0. The Morgan fingerprint density at radius 3 is 0.918 bits per heavy atom. The predicted molar refractivity (Wildman–Crippen MR) is 189 cm³/mol. The Kier molecular flexibility index (Phi) is 7.59. The fourth-order valence-corrected chi connectivity index (χ4v) is 5.59. The lowest BCUT2D eigenvalue weighted by molar-refractivity contribution is 0.464. The van der Waals surface area contributed by atoms with Gasteiger partial charge in [-0.2, -0.15) is 10.2 Å². The monoisotopic (exact) mass is 642 g/mol. The number of nitrogens with zero attached hydrogens (tertiary/aromatic N) is 2. The van der Waals surface area contributed by atoms with Gasteiger partial charge < -0.3 is 14.2 Å². The number of nitrogens with one attached hydrogen (secondary N) is 2. The smallest absolute Gasteiger partial charge is 0.272 e. The molecule has 236 valence electrons. The maximum Gasteiger partial charge on any atom is 0.272 e. The SMILES string of the molecule is O=c1[nH]nc(-c2ccc(Oc3ccc(Oc4ccc(Oc5ccc(-c6n[nH]c(=O)c7ccccc67)cc5)cc4)cc3)cc2)c2ccccc12. The second kappa shape index (κ2) is 12.7. The quantitative estimate of drug-likeness (QED) is 0.170. The van der Waals surface area contributed by atoms with Crippen molar-refractivity contribution in [2.45, 2.75) is 0 Å². The van der Waals surface area contributed by atoms with Crippen molar-refractivity contribution in [2.24, 2.45) is 0 Å². The van der Waals surface area contributed by atoms with E-state index in [1.165, 1.54) is 0 Å². The number of H-pyrrole nitrogens is 2. The van der Waals surface area contributed by atoms with E-state index >= 15 is 0 Å². The van der Waals surface area contributed by atoms with Gasteiger partial charge in [-0.15, -0.1) is 0 Å². The summed E-state index contributed by atoms with van der Waals surface area (Å²) in [5.41, 5.74) is 2.71. The number of rotatable bonds is 8. The summed E-state index contributed by atoms with van der Waals surface area (Å²) in [6, 6.07) is 44.6. The molecule has 8 aromatic rings. The molecule has 0 atom stereocenters. The van der Waals surface area contributed by atoms with Gasteiger partial charge in [0.25, 0.3) is 11.1 Å². The zero-order valence-electron chi connectivity index (χ0n) is 25.8. The standard InChI is InChI=1S/C40H26N4O5/c45-39-35-7-3-1-5-33(35)37(41-43-39)25-9-13-27(14-10-25)47-29-17-21-31(22-18-29)49-32-23-19-30(20-24-32)48-28-15-11-26(12-16-28)38-34-6-2-4-8-36(34)40(46)44-42-38/h1-24H,(H,43,45)(H,44,46). The van der Waals surface area contributed by atoms with E-state index in [0.717, 1.165) is 21.9 Å². The zero-order chi connectivity index (χ0) is 33.2. The third-order valence-electron chi connectivity index (χ3n) is 8.00. The predicted octanol–water partition coefficient (Wildman–Crippen LogP) is 8.87. The molecule has 2 aromatic heterocycles. The number of ether oxygens (including phenoxy) is 3. The Hall–Kier alpha value is -7.00. The molecular weight excluding hydrogens is 616 g/mol. The van der Waals surface area contributed by atoms with Crippen molar-refractivity contribution in [3.63, 3.8) is 0 Å². The van der Waals surface area contributed by atoms with Crippen LogP contribution in [0, 0.1) is 0 Å². The first-order valence-corrected chi connectivity index (χ1v) is 15.5. The minimum atomic E-state index is -0.214. The second-order valence-electron chi connectivity index (χ2n) is 11.2. The summed E-state index contributed by atoms with van der Waals surface area (Å²) in [7, 11) is 0. The van der Waals surface area contributed by atoms with Gasteiger partial charge in [-0.05, 0) is 109 Å². The Labute approximate surface area is 279 Å². The van der Waals surface area contributed by atoms with Crippen LogP contribution in [0.1, 0.15) is 0 Å². The summed E-state index contributed by atoms with van der Waals surface area (Å²) in [4.78, 5) is 24.3. The van der Waals surface area contributed by atoms with Crippen LogP contribution in [0.5, 0.6) is 34.5 Å². The highest BCUT2D eigenvalue weighted by atomic mass is 16.5. The maximum absolute atomic E-state index is 12.1. The molecule has 0 aliphatic rings. The summed E-state index contributed by atoms with van der Waals surface area (Å²) < 4.78 is 18.1. The minimum Gasteiger partial charge on any atom is -0.457 e. The topological polar surface area (TPSA) is 119 Å². The molecular formula is C40H26N4O5. The third-order valence-corrected chi connectivity index (χ3v) is 8.00. The lowest BCUT2D eigenvalue weighted by Crippen LogP contribution is -2.09. The van der Waals surface area contributed by atoms with Gasteiger partial charge in [0.2, 0.25) is 0 Å². The molecule has 2 N–H and O–H groups in total. The summed E-state index contributed by atoms with van der Waals surface area (Å²) in [5.74, 6) is 3.97. The summed E-state index contributed by atoms with van der Waals surface area (Å²) >= 11 is 0. The van der Waals surface area contributed by atoms with Crippen LogP contribution < -0.4 is 25.3 Å². The number of fused-ring (bicyclic) bond motifs is 2.